The zero-order valence-corrected chi connectivity index (χ0v) is 10.3. The Morgan fingerprint density at radius 3 is 2.65 bits per heavy atom. The van der Waals surface area contributed by atoms with Crippen LogP contribution in [-0.2, 0) is 6.54 Å². The average molecular weight is 283 g/mol. The van der Waals surface area contributed by atoms with E-state index in [0.717, 1.165) is 6.07 Å². The van der Waals surface area contributed by atoms with Gasteiger partial charge in [0.05, 0.1) is 0 Å². The van der Waals surface area contributed by atoms with Crippen LogP contribution >= 0.6 is 0 Å². The summed E-state index contributed by atoms with van der Waals surface area (Å²) in [6.45, 7) is -2.64. The van der Waals surface area contributed by atoms with E-state index in [0.29, 0.717) is 11.3 Å². The molecule has 20 heavy (non-hydrogen) atoms. The van der Waals surface area contributed by atoms with Crippen LogP contribution < -0.4 is 10.1 Å². The number of hydrogen-bond acceptors (Lipinski definition) is 3. The summed E-state index contributed by atoms with van der Waals surface area (Å²) < 4.78 is 41.5. The van der Waals surface area contributed by atoms with Gasteiger partial charge in [-0.1, -0.05) is 6.07 Å². The van der Waals surface area contributed by atoms with Gasteiger partial charge in [-0.25, -0.2) is 4.39 Å². The monoisotopic (exact) mass is 283 g/mol. The van der Waals surface area contributed by atoms with Gasteiger partial charge in [-0.15, -0.1) is 0 Å². The van der Waals surface area contributed by atoms with Crippen LogP contribution in [0.5, 0.6) is 11.5 Å². The highest BCUT2D eigenvalue weighted by Crippen LogP contribution is 2.21. The number of phenols is 1. The molecule has 0 aromatic heterocycles. The van der Waals surface area contributed by atoms with Crippen molar-refractivity contribution >= 4 is 5.69 Å². The fourth-order valence-corrected chi connectivity index (χ4v) is 1.72. The lowest BCUT2D eigenvalue weighted by molar-refractivity contribution is -0.0498. The third-order valence-electron chi connectivity index (χ3n) is 2.50. The van der Waals surface area contributed by atoms with E-state index in [4.69, 9.17) is 0 Å². The molecule has 2 aromatic rings. The quantitative estimate of drug-likeness (QED) is 0.878. The highest BCUT2D eigenvalue weighted by Gasteiger charge is 2.05. The summed E-state index contributed by atoms with van der Waals surface area (Å²) in [6.07, 6.45) is 0. The van der Waals surface area contributed by atoms with Crippen LogP contribution in [0.15, 0.2) is 42.5 Å². The van der Waals surface area contributed by atoms with Crippen LogP contribution in [0.4, 0.5) is 18.9 Å². The van der Waals surface area contributed by atoms with Gasteiger partial charge in [0.15, 0.2) is 0 Å². The Balaban J connectivity index is 2.03. The number of anilines is 1. The van der Waals surface area contributed by atoms with E-state index >= 15 is 0 Å². The molecule has 0 aliphatic carbocycles. The van der Waals surface area contributed by atoms with Crippen molar-refractivity contribution in [1.29, 1.82) is 0 Å². The maximum Gasteiger partial charge on any atom is 0.387 e. The molecule has 0 aliphatic heterocycles. The summed E-state index contributed by atoms with van der Waals surface area (Å²) >= 11 is 0. The smallest absolute Gasteiger partial charge is 0.387 e. The molecule has 0 atom stereocenters. The van der Waals surface area contributed by atoms with Crippen LogP contribution in [-0.4, -0.2) is 11.7 Å². The lowest BCUT2D eigenvalue weighted by Gasteiger charge is -2.09. The second-order valence-corrected chi connectivity index (χ2v) is 4.08. The standard InChI is InChI=1S/C14H12F3NO2/c15-10-4-9(5-12(19)6-10)8-18-11-2-1-3-13(7-11)20-14(16)17/h1-7,14,18-19H,8H2. The van der Waals surface area contributed by atoms with Crippen LogP contribution in [0.1, 0.15) is 5.56 Å². The molecule has 0 unspecified atom stereocenters. The highest BCUT2D eigenvalue weighted by molar-refractivity contribution is 5.48. The molecule has 2 rings (SSSR count). The zero-order chi connectivity index (χ0) is 14.5. The molecule has 106 valence electrons. The highest BCUT2D eigenvalue weighted by atomic mass is 19.3. The van der Waals surface area contributed by atoms with Crippen LogP contribution in [0.3, 0.4) is 0 Å². The molecule has 0 bridgehead atoms. The molecular formula is C14H12F3NO2. The van der Waals surface area contributed by atoms with Crippen LogP contribution in [0.2, 0.25) is 0 Å². The topological polar surface area (TPSA) is 41.5 Å². The SMILES string of the molecule is Oc1cc(F)cc(CNc2cccc(OC(F)F)c2)c1. The Morgan fingerprint density at radius 2 is 1.95 bits per heavy atom. The predicted octanol–water partition coefficient (Wildman–Crippen LogP) is 3.74. The molecule has 0 saturated carbocycles. The molecule has 2 aromatic carbocycles. The summed E-state index contributed by atoms with van der Waals surface area (Å²) in [5.74, 6) is -0.680. The first-order chi connectivity index (χ1) is 9.52. The Labute approximate surface area is 113 Å². The second kappa shape index (κ2) is 6.18. The third kappa shape index (κ3) is 4.08. The van der Waals surface area contributed by atoms with Crippen molar-refractivity contribution < 1.29 is 23.0 Å². The summed E-state index contributed by atoms with van der Waals surface area (Å²) in [4.78, 5) is 0. The number of hydrogen-bond donors (Lipinski definition) is 2. The van der Waals surface area contributed by atoms with Crippen molar-refractivity contribution in [2.45, 2.75) is 13.2 Å². The Morgan fingerprint density at radius 1 is 1.15 bits per heavy atom. The fourth-order valence-electron chi connectivity index (χ4n) is 1.72. The fraction of sp³-hybridized carbons (Fsp3) is 0.143. The molecule has 0 heterocycles. The molecule has 0 spiro atoms. The zero-order valence-electron chi connectivity index (χ0n) is 10.3. The third-order valence-corrected chi connectivity index (χ3v) is 2.50. The minimum Gasteiger partial charge on any atom is -0.508 e. The molecule has 2 N–H and O–H groups in total. The van der Waals surface area contributed by atoms with Crippen molar-refractivity contribution in [3.63, 3.8) is 0 Å². The van der Waals surface area contributed by atoms with Gasteiger partial charge in [0.25, 0.3) is 0 Å². The van der Waals surface area contributed by atoms with E-state index in [1.807, 2.05) is 0 Å². The van der Waals surface area contributed by atoms with Crippen molar-refractivity contribution in [3.8, 4) is 11.5 Å². The lowest BCUT2D eigenvalue weighted by atomic mass is 10.2. The molecule has 0 fully saturated rings. The van der Waals surface area contributed by atoms with Crippen LogP contribution in [0.25, 0.3) is 0 Å². The Kier molecular flexibility index (Phi) is 4.34. The minimum absolute atomic E-state index is 0.0343. The molecular weight excluding hydrogens is 271 g/mol. The van der Waals surface area contributed by atoms with Crippen molar-refractivity contribution in [1.82, 2.24) is 0 Å². The van der Waals surface area contributed by atoms with Gasteiger partial charge >= 0.3 is 6.61 Å². The molecule has 3 nitrogen and oxygen atoms in total. The van der Waals surface area contributed by atoms with Gasteiger partial charge in [0.1, 0.15) is 17.3 Å². The number of benzene rings is 2. The predicted molar refractivity (Wildman–Crippen MR) is 68.5 cm³/mol. The van der Waals surface area contributed by atoms with Gasteiger partial charge in [0, 0.05) is 24.4 Å². The molecule has 0 radical (unpaired) electrons. The van der Waals surface area contributed by atoms with Crippen molar-refractivity contribution in [3.05, 3.63) is 53.8 Å². The van der Waals surface area contributed by atoms with E-state index in [1.54, 1.807) is 12.1 Å². The first-order valence-electron chi connectivity index (χ1n) is 5.80. The summed E-state index contributed by atoms with van der Waals surface area (Å²) in [7, 11) is 0. The summed E-state index contributed by atoms with van der Waals surface area (Å²) in [5.41, 5.74) is 1.08. The van der Waals surface area contributed by atoms with E-state index < -0.39 is 12.4 Å². The molecule has 0 aliphatic rings. The van der Waals surface area contributed by atoms with E-state index in [1.165, 1.54) is 24.3 Å². The Hall–Kier alpha value is -2.37. The van der Waals surface area contributed by atoms with E-state index in [9.17, 15) is 18.3 Å². The normalized spacial score (nSPS) is 10.6. The number of ether oxygens (including phenoxy) is 1. The maximum absolute atomic E-state index is 13.1. The van der Waals surface area contributed by atoms with Crippen molar-refractivity contribution in [2.24, 2.45) is 0 Å². The van der Waals surface area contributed by atoms with Gasteiger partial charge in [-0.2, -0.15) is 8.78 Å². The minimum atomic E-state index is -2.88. The molecule has 0 amide bonds. The Bertz CT molecular complexity index is 570. The first-order valence-corrected chi connectivity index (χ1v) is 5.80. The molecule has 6 heteroatoms. The average Bonchev–Trinajstić information content (AvgIpc) is 2.35. The first kappa shape index (κ1) is 14.0. The van der Waals surface area contributed by atoms with Gasteiger partial charge in [-0.3, -0.25) is 0 Å². The number of aromatic hydroxyl groups is 1. The van der Waals surface area contributed by atoms with Crippen molar-refractivity contribution in [2.75, 3.05) is 5.32 Å². The largest absolute Gasteiger partial charge is 0.508 e. The maximum atomic E-state index is 13.1. The summed E-state index contributed by atoms with van der Waals surface area (Å²) in [5, 5.41) is 12.2. The summed E-state index contributed by atoms with van der Waals surface area (Å²) in [6, 6.07) is 9.72. The second-order valence-electron chi connectivity index (χ2n) is 4.08. The number of phenolic OH excluding ortho intramolecular Hbond substituents is 1. The number of rotatable bonds is 5. The molecule has 0 saturated heterocycles. The van der Waals surface area contributed by atoms with Gasteiger partial charge < -0.3 is 15.2 Å². The van der Waals surface area contributed by atoms with E-state index in [2.05, 4.69) is 10.1 Å². The lowest BCUT2D eigenvalue weighted by Crippen LogP contribution is -2.03. The number of alkyl halides is 2. The number of halogens is 3. The van der Waals surface area contributed by atoms with Gasteiger partial charge in [0.2, 0.25) is 0 Å². The number of nitrogens with one attached hydrogen (secondary N) is 1. The van der Waals surface area contributed by atoms with Gasteiger partial charge in [-0.05, 0) is 29.8 Å². The van der Waals surface area contributed by atoms with E-state index in [-0.39, 0.29) is 18.0 Å². The van der Waals surface area contributed by atoms with Crippen LogP contribution in [0, 0.1) is 5.82 Å².